The normalized spacial score (nSPS) is 23.2. The molecule has 2 atom stereocenters. The number of hydrogen-bond donors (Lipinski definition) is 0. The standard InChI is InChI=1S/C17H17ClN2O3S/c1-4-23-16(22)13-9(2)19-17-20(15(21)10(3)24-17)14(13)11-5-7-12(18)8-6-11/h5-8,10,14H,4H2,1-3H3/t10-,14+/m1/s1. The zero-order chi connectivity index (χ0) is 17.4. The molecule has 126 valence electrons. The van der Waals surface area contributed by atoms with Gasteiger partial charge in [-0.15, -0.1) is 0 Å². The lowest BCUT2D eigenvalue weighted by Crippen LogP contribution is -2.40. The van der Waals surface area contributed by atoms with E-state index in [1.165, 1.54) is 11.8 Å². The number of carbonyl (C=O) groups excluding carboxylic acids is 2. The van der Waals surface area contributed by atoms with Crippen LogP contribution in [0.1, 0.15) is 32.4 Å². The van der Waals surface area contributed by atoms with Crippen LogP contribution in [0.15, 0.2) is 40.5 Å². The second-order valence-electron chi connectivity index (χ2n) is 5.54. The Morgan fingerprint density at radius 3 is 2.67 bits per heavy atom. The first-order valence-corrected chi connectivity index (χ1v) is 8.91. The van der Waals surface area contributed by atoms with Crippen LogP contribution in [0.25, 0.3) is 0 Å². The van der Waals surface area contributed by atoms with Crippen LogP contribution in [0.4, 0.5) is 0 Å². The number of fused-ring (bicyclic) bond motifs is 1. The quantitative estimate of drug-likeness (QED) is 0.769. The first-order valence-electron chi connectivity index (χ1n) is 7.65. The van der Waals surface area contributed by atoms with Crippen molar-refractivity contribution in [3.05, 3.63) is 46.1 Å². The van der Waals surface area contributed by atoms with Crippen LogP contribution in [0.2, 0.25) is 5.02 Å². The molecular formula is C17H17ClN2O3S. The van der Waals surface area contributed by atoms with E-state index in [0.29, 0.717) is 21.5 Å². The Morgan fingerprint density at radius 1 is 1.38 bits per heavy atom. The summed E-state index contributed by atoms with van der Waals surface area (Å²) in [5.41, 5.74) is 1.78. The van der Waals surface area contributed by atoms with Gasteiger partial charge in [0.1, 0.15) is 0 Å². The van der Waals surface area contributed by atoms with Crippen LogP contribution in [0, 0.1) is 0 Å². The fourth-order valence-corrected chi connectivity index (χ4v) is 3.99. The topological polar surface area (TPSA) is 59.0 Å². The van der Waals surface area contributed by atoms with Gasteiger partial charge < -0.3 is 4.74 Å². The Kier molecular flexibility index (Phi) is 4.69. The van der Waals surface area contributed by atoms with E-state index >= 15 is 0 Å². The summed E-state index contributed by atoms with van der Waals surface area (Å²) in [4.78, 5) is 31.2. The summed E-state index contributed by atoms with van der Waals surface area (Å²) in [6.07, 6.45) is 0. The molecule has 0 spiro atoms. The molecule has 2 aliphatic rings. The van der Waals surface area contributed by atoms with Gasteiger partial charge in [-0.3, -0.25) is 9.69 Å². The summed E-state index contributed by atoms with van der Waals surface area (Å²) in [6, 6.07) is 6.60. The molecule has 0 aliphatic carbocycles. The Labute approximate surface area is 149 Å². The van der Waals surface area contributed by atoms with Gasteiger partial charge in [0.05, 0.1) is 29.2 Å². The predicted molar refractivity (Wildman–Crippen MR) is 94.9 cm³/mol. The van der Waals surface area contributed by atoms with Gasteiger partial charge in [0.2, 0.25) is 5.91 Å². The maximum atomic E-state index is 12.6. The van der Waals surface area contributed by atoms with Crippen molar-refractivity contribution in [3.63, 3.8) is 0 Å². The molecule has 1 fully saturated rings. The smallest absolute Gasteiger partial charge is 0.338 e. The van der Waals surface area contributed by atoms with E-state index in [9.17, 15) is 9.59 Å². The molecular weight excluding hydrogens is 348 g/mol. The number of benzene rings is 1. The lowest BCUT2D eigenvalue weighted by Gasteiger charge is -2.33. The number of nitrogens with zero attached hydrogens (tertiary/aromatic N) is 2. The van der Waals surface area contributed by atoms with Gasteiger partial charge >= 0.3 is 5.97 Å². The number of rotatable bonds is 3. The van der Waals surface area contributed by atoms with Crippen molar-refractivity contribution in [3.8, 4) is 0 Å². The molecule has 3 rings (SSSR count). The molecule has 0 bridgehead atoms. The minimum absolute atomic E-state index is 0.0620. The number of aliphatic imine (C=N–C) groups is 1. The highest BCUT2D eigenvalue weighted by atomic mass is 35.5. The molecule has 0 N–H and O–H groups in total. The third kappa shape index (κ3) is 2.84. The number of hydrogen-bond acceptors (Lipinski definition) is 5. The van der Waals surface area contributed by atoms with Gasteiger partial charge in [-0.25, -0.2) is 9.79 Å². The molecule has 24 heavy (non-hydrogen) atoms. The number of halogens is 1. The fourth-order valence-electron chi connectivity index (χ4n) is 2.83. The number of esters is 1. The van der Waals surface area contributed by atoms with E-state index in [1.807, 2.05) is 19.1 Å². The highest BCUT2D eigenvalue weighted by molar-refractivity contribution is 8.15. The summed E-state index contributed by atoms with van der Waals surface area (Å²) in [7, 11) is 0. The van der Waals surface area contributed by atoms with Gasteiger partial charge in [0.15, 0.2) is 5.17 Å². The predicted octanol–water partition coefficient (Wildman–Crippen LogP) is 3.55. The number of ether oxygens (including phenoxy) is 1. The molecule has 2 heterocycles. The largest absolute Gasteiger partial charge is 0.463 e. The molecule has 7 heteroatoms. The Balaban J connectivity index is 2.14. The number of carbonyl (C=O) groups is 2. The lowest BCUT2D eigenvalue weighted by molar-refractivity contribution is -0.139. The number of allylic oxidation sites excluding steroid dienone is 1. The molecule has 0 unspecified atom stereocenters. The van der Waals surface area contributed by atoms with Crippen LogP contribution < -0.4 is 0 Å². The van der Waals surface area contributed by atoms with Crippen molar-refractivity contribution in [1.82, 2.24) is 4.90 Å². The molecule has 0 radical (unpaired) electrons. The molecule has 0 aromatic heterocycles. The zero-order valence-electron chi connectivity index (χ0n) is 13.6. The summed E-state index contributed by atoms with van der Waals surface area (Å²) in [5, 5.41) is 0.989. The van der Waals surface area contributed by atoms with Crippen molar-refractivity contribution < 1.29 is 14.3 Å². The second kappa shape index (κ2) is 6.61. The van der Waals surface area contributed by atoms with E-state index in [2.05, 4.69) is 4.99 Å². The van der Waals surface area contributed by atoms with Crippen LogP contribution in [0.3, 0.4) is 0 Å². The average molecular weight is 365 g/mol. The average Bonchev–Trinajstić information content (AvgIpc) is 2.81. The maximum Gasteiger partial charge on any atom is 0.338 e. The maximum absolute atomic E-state index is 12.6. The SMILES string of the molecule is CCOC(=O)C1=C(C)N=C2S[C@H](C)C(=O)N2[C@H]1c1ccc(Cl)cc1. The number of thioether (sulfide) groups is 1. The number of amides is 1. The van der Waals surface area contributed by atoms with Crippen LogP contribution in [-0.4, -0.2) is 33.8 Å². The lowest BCUT2D eigenvalue weighted by atomic mass is 9.94. The van der Waals surface area contributed by atoms with Crippen LogP contribution in [0.5, 0.6) is 0 Å². The summed E-state index contributed by atoms with van der Waals surface area (Å²) in [5.74, 6) is -0.511. The van der Waals surface area contributed by atoms with Crippen molar-refractivity contribution in [2.45, 2.75) is 32.1 Å². The minimum atomic E-state index is -0.543. The first kappa shape index (κ1) is 17.0. The summed E-state index contributed by atoms with van der Waals surface area (Å²) >= 11 is 7.38. The molecule has 2 aliphatic heterocycles. The molecule has 1 amide bonds. The van der Waals surface area contributed by atoms with Gasteiger partial charge in [0.25, 0.3) is 0 Å². The van der Waals surface area contributed by atoms with Crippen molar-refractivity contribution >= 4 is 40.4 Å². The molecule has 1 saturated heterocycles. The molecule has 5 nitrogen and oxygen atoms in total. The fraction of sp³-hybridized carbons (Fsp3) is 0.353. The van der Waals surface area contributed by atoms with Gasteiger partial charge in [-0.1, -0.05) is 35.5 Å². The van der Waals surface area contributed by atoms with Gasteiger partial charge in [0, 0.05) is 5.02 Å². The van der Waals surface area contributed by atoms with E-state index in [0.717, 1.165) is 5.56 Å². The molecule has 0 saturated carbocycles. The van der Waals surface area contributed by atoms with Crippen LogP contribution >= 0.6 is 23.4 Å². The summed E-state index contributed by atoms with van der Waals surface area (Å²) < 4.78 is 5.20. The van der Waals surface area contributed by atoms with E-state index in [1.54, 1.807) is 30.9 Å². The highest BCUT2D eigenvalue weighted by Gasteiger charge is 2.46. The minimum Gasteiger partial charge on any atom is -0.463 e. The Hall–Kier alpha value is -1.79. The van der Waals surface area contributed by atoms with E-state index < -0.39 is 12.0 Å². The van der Waals surface area contributed by atoms with Crippen LogP contribution in [-0.2, 0) is 14.3 Å². The zero-order valence-corrected chi connectivity index (χ0v) is 15.1. The highest BCUT2D eigenvalue weighted by Crippen LogP contribution is 2.43. The third-order valence-corrected chi connectivity index (χ3v) is 5.25. The molecule has 1 aromatic carbocycles. The van der Waals surface area contributed by atoms with Crippen molar-refractivity contribution in [2.75, 3.05) is 6.61 Å². The van der Waals surface area contributed by atoms with Gasteiger partial charge in [-0.2, -0.15) is 0 Å². The Morgan fingerprint density at radius 2 is 2.04 bits per heavy atom. The monoisotopic (exact) mass is 364 g/mol. The van der Waals surface area contributed by atoms with E-state index in [-0.39, 0.29) is 17.8 Å². The Bertz CT molecular complexity index is 758. The van der Waals surface area contributed by atoms with Gasteiger partial charge in [-0.05, 0) is 38.5 Å². The van der Waals surface area contributed by atoms with Crippen molar-refractivity contribution in [1.29, 1.82) is 0 Å². The van der Waals surface area contributed by atoms with Crippen molar-refractivity contribution in [2.24, 2.45) is 4.99 Å². The third-order valence-electron chi connectivity index (χ3n) is 3.94. The second-order valence-corrected chi connectivity index (χ2v) is 7.28. The molecule has 1 aromatic rings. The van der Waals surface area contributed by atoms with E-state index in [4.69, 9.17) is 16.3 Å². The number of amidine groups is 1. The summed E-state index contributed by atoms with van der Waals surface area (Å²) in [6.45, 7) is 5.62. The first-order chi connectivity index (χ1) is 11.4.